The van der Waals surface area contributed by atoms with Crippen LogP contribution in [-0.2, 0) is 22.6 Å². The number of carbonyl (C=O) groups is 3. The zero-order valence-corrected chi connectivity index (χ0v) is 39.6. The number of aromatic hydroxyl groups is 1. The lowest BCUT2D eigenvalue weighted by Crippen LogP contribution is -2.60. The Morgan fingerprint density at radius 2 is 1.52 bits per heavy atom. The van der Waals surface area contributed by atoms with E-state index in [0.717, 1.165) is 99.8 Å². The van der Waals surface area contributed by atoms with Crippen molar-refractivity contribution in [2.45, 2.75) is 128 Å². The number of hydrogen-bond acceptors (Lipinski definition) is 10. The van der Waals surface area contributed by atoms with E-state index in [-0.39, 0.29) is 49.1 Å². The molecule has 9 rings (SSSR count). The normalized spacial score (nSPS) is 23.5. The van der Waals surface area contributed by atoms with Gasteiger partial charge in [0.25, 0.3) is 0 Å². The molecule has 0 bridgehead atoms. The first-order chi connectivity index (χ1) is 32.2. The number of nitrogens with zero attached hydrogens (tertiary/aromatic N) is 7. The fraction of sp³-hybridized carbons (Fsp3) is 0.558. The number of amides is 4. The van der Waals surface area contributed by atoms with Gasteiger partial charge in [-0.2, -0.15) is 0 Å². The number of aliphatic hydroxyl groups is 1. The van der Waals surface area contributed by atoms with Gasteiger partial charge >= 0.3 is 6.03 Å². The van der Waals surface area contributed by atoms with Crippen LogP contribution in [0.4, 0.5) is 4.79 Å². The lowest BCUT2D eigenvalue weighted by atomic mass is 9.85. The SMILES string of the molecule is C#Cc1ccc(CNC(=O)[C@@H]2C[C@@H](O)CN2C(=O)[C@@H](NC(=O)N2CCC(N3CCC(N4CCC(N5CCc6[nH]c7nnc(-c8ccccc8O)cc7c6[C@H]5C)CC4)CC3)CC2)C(C)(C)C)cc1. The Kier molecular flexibility index (Phi) is 13.6. The standard InChI is InChI=1S/C52H68N10O5/c1-6-34-11-13-35(14-12-34)31-53-49(65)44-29-39(63)32-62(44)50(66)47(52(3,4)5)55-51(67)60-26-17-37(18-27-60)58-22-15-36(16-23-58)59-24-19-38(20-25-59)61-28-21-42-46(33(61)2)41-30-43(56-57-48(41)54-42)40-9-7-8-10-45(40)64/h1,7-14,30,33,36-39,44,47,63-64H,15-29,31-32H2,2-5H3,(H,53,65)(H,54,57)(H,55,67)/t33-,39-,44+,47-/m1/s1. The minimum absolute atomic E-state index is 0.0311. The molecule has 4 atom stereocenters. The number of terminal acetylenes is 1. The van der Waals surface area contributed by atoms with E-state index in [1.54, 1.807) is 6.07 Å². The van der Waals surface area contributed by atoms with Gasteiger partial charge in [0.05, 0.1) is 11.8 Å². The molecule has 7 heterocycles. The quantitative estimate of drug-likeness (QED) is 0.144. The average Bonchev–Trinajstić information content (AvgIpc) is 3.93. The molecule has 2 aromatic heterocycles. The van der Waals surface area contributed by atoms with Gasteiger partial charge in [0.15, 0.2) is 5.65 Å². The lowest BCUT2D eigenvalue weighted by Gasteiger charge is -2.47. The topological polar surface area (TPSA) is 173 Å². The van der Waals surface area contributed by atoms with E-state index in [1.807, 2.05) is 68.1 Å². The maximum atomic E-state index is 14.2. The number of β-amino-alcohol motifs (C(OH)–C–C–N with tert-alkyl or cyclic N) is 1. The molecule has 0 spiro atoms. The largest absolute Gasteiger partial charge is 0.507 e. The molecule has 4 fully saturated rings. The van der Waals surface area contributed by atoms with Gasteiger partial charge in [-0.3, -0.25) is 14.5 Å². The lowest BCUT2D eigenvalue weighted by molar-refractivity contribution is -0.142. The van der Waals surface area contributed by atoms with Gasteiger partial charge in [-0.1, -0.05) is 51.0 Å². The van der Waals surface area contributed by atoms with Crippen molar-refractivity contribution in [1.29, 1.82) is 0 Å². The molecule has 67 heavy (non-hydrogen) atoms. The van der Waals surface area contributed by atoms with E-state index in [9.17, 15) is 24.6 Å². The Bertz CT molecular complexity index is 2450. The van der Waals surface area contributed by atoms with Crippen LogP contribution in [0, 0.1) is 17.8 Å². The first-order valence-corrected chi connectivity index (χ1v) is 24.5. The summed E-state index contributed by atoms with van der Waals surface area (Å²) in [6.45, 7) is 15.0. The van der Waals surface area contributed by atoms with Crippen LogP contribution in [0.1, 0.15) is 101 Å². The number of para-hydroxylation sites is 1. The van der Waals surface area contributed by atoms with Crippen molar-refractivity contribution >= 4 is 28.9 Å². The number of carbonyl (C=O) groups excluding carboxylic acids is 3. The first-order valence-electron chi connectivity index (χ1n) is 24.5. The zero-order valence-electron chi connectivity index (χ0n) is 39.6. The van der Waals surface area contributed by atoms with Gasteiger partial charge in [-0.15, -0.1) is 16.6 Å². The Morgan fingerprint density at radius 3 is 2.16 bits per heavy atom. The van der Waals surface area contributed by atoms with E-state index < -0.39 is 23.6 Å². The molecule has 5 aliphatic rings. The van der Waals surface area contributed by atoms with Crippen molar-refractivity contribution in [2.75, 3.05) is 52.4 Å². The molecule has 5 aliphatic heterocycles. The Hall–Kier alpha value is -5.53. The highest BCUT2D eigenvalue weighted by molar-refractivity contribution is 5.93. The smallest absolute Gasteiger partial charge is 0.318 e. The highest BCUT2D eigenvalue weighted by Gasteiger charge is 2.45. The van der Waals surface area contributed by atoms with Gasteiger partial charge in [-0.05, 0) is 119 Å². The number of aliphatic hydroxyl groups excluding tert-OH is 1. The fourth-order valence-corrected chi connectivity index (χ4v) is 11.7. The number of likely N-dealkylation sites (tertiary alicyclic amines) is 4. The number of rotatable bonds is 9. The molecule has 0 aliphatic carbocycles. The second-order valence-corrected chi connectivity index (χ2v) is 20.6. The molecule has 5 N–H and O–H groups in total. The third-order valence-electron chi connectivity index (χ3n) is 15.5. The third kappa shape index (κ3) is 9.90. The maximum absolute atomic E-state index is 14.2. The van der Waals surface area contributed by atoms with Crippen LogP contribution in [0.3, 0.4) is 0 Å². The number of urea groups is 1. The van der Waals surface area contributed by atoms with E-state index in [1.165, 1.54) is 16.2 Å². The van der Waals surface area contributed by atoms with Crippen molar-refractivity contribution in [3.63, 3.8) is 0 Å². The minimum atomic E-state index is -0.879. The van der Waals surface area contributed by atoms with Crippen LogP contribution in [-0.4, -0.2) is 156 Å². The third-order valence-corrected chi connectivity index (χ3v) is 15.5. The molecule has 0 unspecified atom stereocenters. The summed E-state index contributed by atoms with van der Waals surface area (Å²) in [5.74, 6) is 2.09. The molecule has 4 saturated heterocycles. The molecular weight excluding hydrogens is 845 g/mol. The van der Waals surface area contributed by atoms with Gasteiger partial charge in [-0.25, -0.2) is 4.79 Å². The molecule has 15 heteroatoms. The molecular formula is C52H68N10O5. The van der Waals surface area contributed by atoms with Crippen LogP contribution in [0.2, 0.25) is 0 Å². The predicted octanol–water partition coefficient (Wildman–Crippen LogP) is 5.03. The number of phenolic OH excluding ortho intramolecular Hbond substituents is 1. The number of benzene rings is 2. The van der Waals surface area contributed by atoms with E-state index in [2.05, 4.69) is 59.4 Å². The number of aromatic nitrogens is 3. The monoisotopic (exact) mass is 913 g/mol. The van der Waals surface area contributed by atoms with Gasteiger partial charge in [0.1, 0.15) is 17.8 Å². The summed E-state index contributed by atoms with van der Waals surface area (Å²) in [5.41, 5.74) is 5.74. The summed E-state index contributed by atoms with van der Waals surface area (Å²) in [4.78, 5) is 56.4. The number of fused-ring (bicyclic) bond motifs is 3. The Balaban J connectivity index is 0.729. The molecule has 4 aromatic rings. The fourth-order valence-electron chi connectivity index (χ4n) is 11.7. The summed E-state index contributed by atoms with van der Waals surface area (Å²) in [6, 6.07) is 16.5. The first kappa shape index (κ1) is 46.6. The summed E-state index contributed by atoms with van der Waals surface area (Å²) < 4.78 is 0. The number of nitrogens with one attached hydrogen (secondary N) is 3. The molecule has 0 saturated carbocycles. The number of hydrogen-bond donors (Lipinski definition) is 5. The second-order valence-electron chi connectivity index (χ2n) is 20.6. The van der Waals surface area contributed by atoms with Gasteiger partial charge < -0.3 is 45.4 Å². The second kappa shape index (κ2) is 19.6. The highest BCUT2D eigenvalue weighted by atomic mass is 16.3. The summed E-state index contributed by atoms with van der Waals surface area (Å²) in [6.07, 6.45) is 12.1. The molecule has 0 radical (unpaired) electrons. The van der Waals surface area contributed by atoms with Crippen molar-refractivity contribution in [3.8, 4) is 29.4 Å². The van der Waals surface area contributed by atoms with Gasteiger partial charge in [0.2, 0.25) is 11.8 Å². The number of phenols is 1. The van der Waals surface area contributed by atoms with E-state index in [4.69, 9.17) is 6.42 Å². The van der Waals surface area contributed by atoms with Crippen LogP contribution in [0.5, 0.6) is 5.75 Å². The average molecular weight is 913 g/mol. The number of H-pyrrole nitrogens is 1. The van der Waals surface area contributed by atoms with E-state index in [0.29, 0.717) is 42.5 Å². The maximum Gasteiger partial charge on any atom is 0.318 e. The number of aromatic amines is 1. The van der Waals surface area contributed by atoms with Crippen LogP contribution in [0.15, 0.2) is 54.6 Å². The Morgan fingerprint density at radius 1 is 0.881 bits per heavy atom. The molecule has 356 valence electrons. The van der Waals surface area contributed by atoms with Crippen LogP contribution >= 0.6 is 0 Å². The Labute approximate surface area is 394 Å². The molecule has 15 nitrogen and oxygen atoms in total. The summed E-state index contributed by atoms with van der Waals surface area (Å²) >= 11 is 0. The number of piperidine rings is 3. The van der Waals surface area contributed by atoms with Crippen molar-refractivity contribution < 1.29 is 24.6 Å². The molecule has 4 amide bonds. The van der Waals surface area contributed by atoms with E-state index >= 15 is 0 Å². The summed E-state index contributed by atoms with van der Waals surface area (Å²) in [7, 11) is 0. The van der Waals surface area contributed by atoms with Crippen molar-refractivity contribution in [2.24, 2.45) is 5.41 Å². The predicted molar refractivity (Wildman–Crippen MR) is 258 cm³/mol. The van der Waals surface area contributed by atoms with Gasteiger partial charge in [0, 0.05) is 91.9 Å². The van der Waals surface area contributed by atoms with Crippen LogP contribution in [0.25, 0.3) is 22.3 Å². The van der Waals surface area contributed by atoms with Crippen LogP contribution < -0.4 is 10.6 Å². The minimum Gasteiger partial charge on any atom is -0.507 e. The highest BCUT2D eigenvalue weighted by Crippen LogP contribution is 2.40. The van der Waals surface area contributed by atoms with Crippen molar-refractivity contribution in [1.82, 2.24) is 50.3 Å². The zero-order chi connectivity index (χ0) is 47.0. The van der Waals surface area contributed by atoms with Crippen molar-refractivity contribution in [3.05, 3.63) is 77.0 Å². The summed E-state index contributed by atoms with van der Waals surface area (Å²) in [5, 5.41) is 37.2. The molecule has 2 aromatic carbocycles.